The molecular weight excluding hydrogens is 777 g/mol. The van der Waals surface area contributed by atoms with Crippen LogP contribution in [0.3, 0.4) is 0 Å². The molecule has 4 bridgehead atoms. The highest BCUT2D eigenvalue weighted by molar-refractivity contribution is 7.22. The highest BCUT2D eigenvalue weighted by Crippen LogP contribution is 2.49. The minimum Gasteiger partial charge on any atom is -0.497 e. The molecule has 1 atom stereocenters. The van der Waals surface area contributed by atoms with Gasteiger partial charge >= 0.3 is 5.97 Å². The minimum atomic E-state index is -1.33. The van der Waals surface area contributed by atoms with Crippen LogP contribution in [0.4, 0.5) is 4.39 Å². The van der Waals surface area contributed by atoms with Gasteiger partial charge in [-0.1, -0.05) is 60.1 Å². The van der Waals surface area contributed by atoms with Gasteiger partial charge < -0.3 is 24.2 Å². The van der Waals surface area contributed by atoms with E-state index < -0.39 is 12.1 Å². The second kappa shape index (κ2) is 17.4. The first kappa shape index (κ1) is 39.7. The van der Waals surface area contributed by atoms with Gasteiger partial charge in [-0.3, -0.25) is 9.80 Å². The predicted molar refractivity (Wildman–Crippen MR) is 226 cm³/mol. The number of aromatic nitrogens is 2. The molecule has 0 spiro atoms. The number of rotatable bonds is 9. The van der Waals surface area contributed by atoms with Gasteiger partial charge in [-0.05, 0) is 83.2 Å². The SMILES string of the molecule is COc1ccc(COc2ccc3cc2C[C@H](C(=O)O)Oc2ncnc4sc(-c5ccc(F)cc5)c(c24)-c2ccc(c(Cl)c2C)CN(CCN2CCN(C)CC2)C3)cc1. The molecule has 0 aliphatic carbocycles. The zero-order valence-corrected chi connectivity index (χ0v) is 34.3. The number of fused-ring (bicyclic) bond motifs is 6. The highest BCUT2D eigenvalue weighted by Gasteiger charge is 2.29. The molecule has 0 unspecified atom stereocenters. The third kappa shape index (κ3) is 8.67. The average molecular weight is 822 g/mol. The molecule has 1 fully saturated rings. The first-order valence-electron chi connectivity index (χ1n) is 19.4. The van der Waals surface area contributed by atoms with Crippen molar-refractivity contribution >= 4 is 39.1 Å². The smallest absolute Gasteiger partial charge is 0.345 e. The lowest BCUT2D eigenvalue weighted by atomic mass is 9.94. The lowest BCUT2D eigenvalue weighted by Gasteiger charge is -2.34. The van der Waals surface area contributed by atoms with Crippen molar-refractivity contribution in [3.8, 4) is 38.9 Å². The molecule has 4 aromatic carbocycles. The number of methoxy groups -OCH3 is 1. The van der Waals surface area contributed by atoms with Gasteiger partial charge in [0.1, 0.15) is 35.1 Å². The van der Waals surface area contributed by atoms with E-state index in [4.69, 9.17) is 25.8 Å². The average Bonchev–Trinajstić information content (AvgIpc) is 3.62. The molecule has 3 aliphatic rings. The number of carboxylic acids is 1. The third-order valence-electron chi connectivity index (χ3n) is 11.0. The molecule has 3 aliphatic heterocycles. The van der Waals surface area contributed by atoms with Gasteiger partial charge in [0, 0.05) is 74.2 Å². The summed E-state index contributed by atoms with van der Waals surface area (Å²) in [6, 6.07) is 24.1. The molecule has 0 radical (unpaired) electrons. The normalized spacial score (nSPS) is 16.7. The maximum atomic E-state index is 14.2. The number of ether oxygens (including phenoxy) is 3. The summed E-state index contributed by atoms with van der Waals surface area (Å²) in [5.41, 5.74) is 6.87. The van der Waals surface area contributed by atoms with Crippen LogP contribution in [0.2, 0.25) is 5.02 Å². The summed E-state index contributed by atoms with van der Waals surface area (Å²) in [6.45, 7) is 9.26. The lowest BCUT2D eigenvalue weighted by Crippen LogP contribution is -2.46. The van der Waals surface area contributed by atoms with Gasteiger partial charge in [0.15, 0.2) is 0 Å². The van der Waals surface area contributed by atoms with Gasteiger partial charge in [-0.15, -0.1) is 11.3 Å². The van der Waals surface area contributed by atoms with Crippen molar-refractivity contribution in [1.29, 1.82) is 0 Å². The van der Waals surface area contributed by atoms with Gasteiger partial charge in [-0.25, -0.2) is 19.2 Å². The van der Waals surface area contributed by atoms with Crippen LogP contribution < -0.4 is 14.2 Å². The Kier molecular flexibility index (Phi) is 11.9. The first-order chi connectivity index (χ1) is 28.1. The molecule has 58 heavy (non-hydrogen) atoms. The van der Waals surface area contributed by atoms with E-state index >= 15 is 0 Å². The molecule has 13 heteroatoms. The summed E-state index contributed by atoms with van der Waals surface area (Å²) in [6.07, 6.45) is 0.0661. The molecule has 6 aromatic rings. The summed E-state index contributed by atoms with van der Waals surface area (Å²) in [5.74, 6) is -0.0477. The van der Waals surface area contributed by atoms with Crippen LogP contribution in [0.25, 0.3) is 31.8 Å². The highest BCUT2D eigenvalue weighted by atomic mass is 35.5. The molecule has 1 saturated heterocycles. The van der Waals surface area contributed by atoms with Crippen LogP contribution in [-0.2, 0) is 30.9 Å². The molecule has 0 amide bonds. The third-order valence-corrected chi connectivity index (χ3v) is 12.7. The van der Waals surface area contributed by atoms with E-state index in [2.05, 4.69) is 43.8 Å². The summed E-state index contributed by atoms with van der Waals surface area (Å²) in [4.78, 5) is 31.0. The van der Waals surface area contributed by atoms with Crippen molar-refractivity contribution in [2.24, 2.45) is 0 Å². The molecule has 2 aromatic heterocycles. The zero-order valence-electron chi connectivity index (χ0n) is 32.7. The summed E-state index contributed by atoms with van der Waals surface area (Å²) < 4.78 is 32.4. The number of carbonyl (C=O) groups is 1. The Morgan fingerprint density at radius 1 is 0.948 bits per heavy atom. The van der Waals surface area contributed by atoms with E-state index in [1.54, 1.807) is 19.2 Å². The van der Waals surface area contributed by atoms with Crippen molar-refractivity contribution in [3.63, 3.8) is 0 Å². The number of hydrogen-bond donors (Lipinski definition) is 1. The van der Waals surface area contributed by atoms with Crippen molar-refractivity contribution < 1.29 is 28.5 Å². The Balaban J connectivity index is 1.25. The van der Waals surface area contributed by atoms with Gasteiger partial charge in [0.2, 0.25) is 12.0 Å². The molecule has 5 heterocycles. The van der Waals surface area contributed by atoms with Gasteiger partial charge in [0.25, 0.3) is 0 Å². The Morgan fingerprint density at radius 2 is 1.71 bits per heavy atom. The summed E-state index contributed by atoms with van der Waals surface area (Å²) >= 11 is 8.75. The van der Waals surface area contributed by atoms with E-state index in [1.165, 1.54) is 29.8 Å². The van der Waals surface area contributed by atoms with Crippen LogP contribution >= 0.6 is 22.9 Å². The fraction of sp³-hybridized carbons (Fsp3) is 0.311. The molecule has 10 nitrogen and oxygen atoms in total. The number of halogens is 2. The van der Waals surface area contributed by atoms with Crippen LogP contribution in [-0.4, -0.2) is 95.3 Å². The fourth-order valence-corrected chi connectivity index (χ4v) is 9.06. The standard InChI is InChI=1S/C45H45ClFN5O5S/c1-28-36-14-9-32(41(28)46)25-52(21-20-51-18-16-50(2)17-19-51)24-30-6-15-37(56-26-29-4-12-35(55-3)13-5-29)33(22-30)23-38(45(53)54)57-43-40-39(36)42(58-44(40)49-27-48-43)31-7-10-34(47)11-8-31/h4-15,22,27,38H,16-21,23-26H2,1-3H3,(H,53,54)/t38-/m1/s1. The quantitative estimate of drug-likeness (QED) is 0.153. The van der Waals surface area contributed by atoms with E-state index in [1.807, 2.05) is 49.4 Å². The second-order valence-corrected chi connectivity index (χ2v) is 16.3. The zero-order chi connectivity index (χ0) is 40.3. The Labute approximate surface area is 346 Å². The van der Waals surface area contributed by atoms with Gasteiger partial charge in [-0.2, -0.15) is 0 Å². The first-order valence-corrected chi connectivity index (χ1v) is 20.5. The molecule has 0 saturated carbocycles. The van der Waals surface area contributed by atoms with Crippen LogP contribution in [0.1, 0.15) is 27.8 Å². The second-order valence-electron chi connectivity index (χ2n) is 15.0. The maximum Gasteiger partial charge on any atom is 0.345 e. The summed E-state index contributed by atoms with van der Waals surface area (Å²) in [5, 5.41) is 11.9. The topological polar surface area (TPSA) is 100 Å². The minimum absolute atomic E-state index is 0.0107. The van der Waals surface area contributed by atoms with Crippen LogP contribution in [0.5, 0.6) is 17.4 Å². The predicted octanol–water partition coefficient (Wildman–Crippen LogP) is 8.35. The number of likely N-dealkylation sites (N-methyl/N-ethyl adjacent to an activating group) is 1. The molecule has 1 N–H and O–H groups in total. The van der Waals surface area contributed by atoms with Crippen LogP contribution in [0, 0.1) is 12.7 Å². The largest absolute Gasteiger partial charge is 0.497 e. The maximum absolute atomic E-state index is 14.2. The number of carboxylic acid groups (broad SMARTS) is 1. The Hall–Kier alpha value is -5.11. The van der Waals surface area contributed by atoms with Crippen LogP contribution in [0.15, 0.2) is 85.2 Å². The number of hydrogen-bond acceptors (Lipinski definition) is 10. The van der Waals surface area contributed by atoms with Crippen molar-refractivity contribution in [1.82, 2.24) is 24.7 Å². The van der Waals surface area contributed by atoms with E-state index in [9.17, 15) is 14.3 Å². The number of piperazine rings is 1. The molecule has 9 rings (SSSR count). The van der Waals surface area contributed by atoms with E-state index in [0.29, 0.717) is 39.6 Å². The number of thiophene rings is 1. The fourth-order valence-electron chi connectivity index (χ4n) is 7.69. The van der Waals surface area contributed by atoms with Crippen molar-refractivity contribution in [2.75, 3.05) is 53.4 Å². The number of benzene rings is 4. The van der Waals surface area contributed by atoms with Gasteiger partial charge in [0.05, 0.1) is 12.5 Å². The Morgan fingerprint density at radius 3 is 2.45 bits per heavy atom. The number of aliphatic carboxylic acids is 1. The molecular formula is C45H45ClFN5O5S. The van der Waals surface area contributed by atoms with Crippen molar-refractivity contribution in [2.45, 2.75) is 39.1 Å². The number of nitrogens with zero attached hydrogens (tertiary/aromatic N) is 5. The lowest BCUT2D eigenvalue weighted by molar-refractivity contribution is -0.145. The monoisotopic (exact) mass is 821 g/mol. The Bertz CT molecular complexity index is 2420. The van der Waals surface area contributed by atoms with Crippen molar-refractivity contribution in [3.05, 3.63) is 124 Å². The van der Waals surface area contributed by atoms with E-state index in [0.717, 1.165) is 88.8 Å². The summed E-state index contributed by atoms with van der Waals surface area (Å²) in [7, 11) is 3.79. The molecule has 300 valence electrons. The van der Waals surface area contributed by atoms with E-state index in [-0.39, 0.29) is 24.7 Å².